The van der Waals surface area contributed by atoms with Crippen molar-refractivity contribution < 1.29 is 18.0 Å². The van der Waals surface area contributed by atoms with Crippen LogP contribution < -0.4 is 5.32 Å². The lowest BCUT2D eigenvalue weighted by Gasteiger charge is -2.04. The van der Waals surface area contributed by atoms with E-state index in [1.165, 1.54) is 0 Å². The number of nitrogens with zero attached hydrogens (tertiary/aromatic N) is 1. The monoisotopic (exact) mass is 362 g/mol. The van der Waals surface area contributed by atoms with Crippen LogP contribution in [-0.2, 0) is 11.2 Å². The zero-order valence-electron chi connectivity index (χ0n) is 12.9. The molecule has 0 aliphatic rings. The van der Waals surface area contributed by atoms with Crippen LogP contribution in [-0.4, -0.2) is 10.9 Å². The predicted octanol–water partition coefficient (Wildman–Crippen LogP) is 4.84. The van der Waals surface area contributed by atoms with E-state index in [-0.39, 0.29) is 18.5 Å². The molecule has 0 aliphatic carbocycles. The first kappa shape index (κ1) is 17.1. The highest BCUT2D eigenvalue weighted by Gasteiger charge is 2.10. The Morgan fingerprint density at radius 2 is 1.80 bits per heavy atom. The van der Waals surface area contributed by atoms with E-state index in [1.54, 1.807) is 30.5 Å². The maximum atomic E-state index is 13.1. The second kappa shape index (κ2) is 7.44. The molecule has 128 valence electrons. The van der Waals surface area contributed by atoms with Gasteiger partial charge in [0.05, 0.1) is 6.20 Å². The Kier molecular flexibility index (Phi) is 5.09. The van der Waals surface area contributed by atoms with E-state index in [1.807, 2.05) is 0 Å². The van der Waals surface area contributed by atoms with Gasteiger partial charge in [0.15, 0.2) is 11.7 Å². The number of oxazole rings is 1. The average Bonchev–Trinajstić information content (AvgIpc) is 3.01. The molecule has 2 aromatic carbocycles. The molecule has 0 bridgehead atoms. The summed E-state index contributed by atoms with van der Waals surface area (Å²) in [6, 6.07) is 9.92. The number of anilines is 1. The topological polar surface area (TPSA) is 55.1 Å². The van der Waals surface area contributed by atoms with Crippen molar-refractivity contribution in [3.8, 4) is 11.3 Å². The van der Waals surface area contributed by atoms with Gasteiger partial charge in [-0.25, -0.2) is 13.8 Å². The molecule has 0 fully saturated rings. The molecule has 0 unspecified atom stereocenters. The van der Waals surface area contributed by atoms with Crippen molar-refractivity contribution >= 4 is 23.2 Å². The number of carbonyl (C=O) groups is 1. The van der Waals surface area contributed by atoms with Gasteiger partial charge in [-0.3, -0.25) is 4.79 Å². The normalized spacial score (nSPS) is 10.7. The standard InChI is InChI=1S/C18H13ClF2N2O2/c19-12-3-1-11(2-4-12)16-10-22-18(25-16)6-5-17(24)23-15-8-13(20)7-14(21)9-15/h1-4,7-10H,5-6H2,(H,23,24). The summed E-state index contributed by atoms with van der Waals surface area (Å²) in [5.41, 5.74) is 0.889. The molecule has 1 amide bonds. The molecule has 3 aromatic rings. The summed E-state index contributed by atoms with van der Waals surface area (Å²) in [5, 5.41) is 3.05. The second-order valence-electron chi connectivity index (χ2n) is 5.33. The van der Waals surface area contributed by atoms with E-state index in [4.69, 9.17) is 16.0 Å². The van der Waals surface area contributed by atoms with Gasteiger partial charge in [0, 0.05) is 35.2 Å². The van der Waals surface area contributed by atoms with Crippen LogP contribution in [0.4, 0.5) is 14.5 Å². The molecule has 0 atom stereocenters. The van der Waals surface area contributed by atoms with Gasteiger partial charge >= 0.3 is 0 Å². The fraction of sp³-hybridized carbons (Fsp3) is 0.111. The molecule has 1 heterocycles. The van der Waals surface area contributed by atoms with Crippen LogP contribution in [0.15, 0.2) is 53.1 Å². The van der Waals surface area contributed by atoms with Crippen LogP contribution in [0.25, 0.3) is 11.3 Å². The van der Waals surface area contributed by atoms with E-state index < -0.39 is 17.5 Å². The van der Waals surface area contributed by atoms with Crippen molar-refractivity contribution in [3.63, 3.8) is 0 Å². The molecule has 0 saturated carbocycles. The largest absolute Gasteiger partial charge is 0.441 e. The van der Waals surface area contributed by atoms with Gasteiger partial charge in [-0.05, 0) is 36.4 Å². The number of rotatable bonds is 5. The molecule has 4 nitrogen and oxygen atoms in total. The SMILES string of the molecule is O=C(CCc1ncc(-c2ccc(Cl)cc2)o1)Nc1cc(F)cc(F)c1. The maximum Gasteiger partial charge on any atom is 0.224 e. The fourth-order valence-electron chi connectivity index (χ4n) is 2.24. The zero-order chi connectivity index (χ0) is 17.8. The van der Waals surface area contributed by atoms with Crippen molar-refractivity contribution in [1.29, 1.82) is 0 Å². The van der Waals surface area contributed by atoms with Crippen LogP contribution in [0.5, 0.6) is 0 Å². The Hall–Kier alpha value is -2.73. The number of aromatic nitrogens is 1. The Labute approximate surface area is 147 Å². The molecule has 0 radical (unpaired) electrons. The predicted molar refractivity (Wildman–Crippen MR) is 90.3 cm³/mol. The summed E-state index contributed by atoms with van der Waals surface area (Å²) in [7, 11) is 0. The number of carbonyl (C=O) groups excluding carboxylic acids is 1. The molecule has 0 spiro atoms. The maximum absolute atomic E-state index is 13.1. The highest BCUT2D eigenvalue weighted by molar-refractivity contribution is 6.30. The van der Waals surface area contributed by atoms with Gasteiger partial charge in [-0.1, -0.05) is 11.6 Å². The van der Waals surface area contributed by atoms with Crippen molar-refractivity contribution in [2.24, 2.45) is 0 Å². The minimum absolute atomic E-state index is 0.0664. The third-order valence-corrected chi connectivity index (χ3v) is 3.65. The van der Waals surface area contributed by atoms with Gasteiger partial charge in [0.2, 0.25) is 5.91 Å². The second-order valence-corrected chi connectivity index (χ2v) is 5.77. The van der Waals surface area contributed by atoms with Gasteiger partial charge < -0.3 is 9.73 Å². The number of benzene rings is 2. The van der Waals surface area contributed by atoms with Crippen molar-refractivity contribution in [3.05, 3.63) is 71.2 Å². The summed E-state index contributed by atoms with van der Waals surface area (Å²) in [6.07, 6.45) is 1.90. The lowest BCUT2D eigenvalue weighted by Crippen LogP contribution is -2.12. The van der Waals surface area contributed by atoms with Gasteiger partial charge in [0.25, 0.3) is 0 Å². The molecule has 1 N–H and O–H groups in total. The minimum atomic E-state index is -0.754. The minimum Gasteiger partial charge on any atom is -0.441 e. The Morgan fingerprint density at radius 3 is 2.48 bits per heavy atom. The highest BCUT2D eigenvalue weighted by atomic mass is 35.5. The van der Waals surface area contributed by atoms with Crippen molar-refractivity contribution in [1.82, 2.24) is 4.98 Å². The quantitative estimate of drug-likeness (QED) is 0.706. The van der Waals surface area contributed by atoms with E-state index >= 15 is 0 Å². The van der Waals surface area contributed by atoms with Gasteiger partial charge in [-0.2, -0.15) is 0 Å². The lowest BCUT2D eigenvalue weighted by atomic mass is 10.2. The molecular weight excluding hydrogens is 350 g/mol. The van der Waals surface area contributed by atoms with Crippen LogP contribution in [0.2, 0.25) is 5.02 Å². The molecule has 7 heteroatoms. The molecule has 3 rings (SSSR count). The molecule has 25 heavy (non-hydrogen) atoms. The number of halogens is 3. The summed E-state index contributed by atoms with van der Waals surface area (Å²) in [4.78, 5) is 16.0. The van der Waals surface area contributed by atoms with Crippen molar-refractivity contribution in [2.75, 3.05) is 5.32 Å². The number of nitrogens with one attached hydrogen (secondary N) is 1. The lowest BCUT2D eigenvalue weighted by molar-refractivity contribution is -0.116. The third kappa shape index (κ3) is 4.64. The van der Waals surface area contributed by atoms with E-state index in [2.05, 4.69) is 10.3 Å². The Morgan fingerprint density at radius 1 is 1.12 bits per heavy atom. The van der Waals surface area contributed by atoms with E-state index in [0.29, 0.717) is 16.7 Å². The van der Waals surface area contributed by atoms with E-state index in [0.717, 1.165) is 23.8 Å². The summed E-state index contributed by atoms with van der Waals surface area (Å²) >= 11 is 5.84. The summed E-state index contributed by atoms with van der Waals surface area (Å²) in [5.74, 6) is -0.938. The Balaban J connectivity index is 1.58. The molecular formula is C18H13ClF2N2O2. The fourth-order valence-corrected chi connectivity index (χ4v) is 2.37. The summed E-state index contributed by atoms with van der Waals surface area (Å²) < 4.78 is 31.8. The first-order chi connectivity index (χ1) is 12.0. The molecule has 0 saturated heterocycles. The number of amides is 1. The van der Waals surface area contributed by atoms with Crippen LogP contribution in [0.1, 0.15) is 12.3 Å². The number of hydrogen-bond acceptors (Lipinski definition) is 3. The summed E-state index contributed by atoms with van der Waals surface area (Å²) in [6.45, 7) is 0. The first-order valence-electron chi connectivity index (χ1n) is 7.46. The highest BCUT2D eigenvalue weighted by Crippen LogP contribution is 2.22. The molecule has 1 aromatic heterocycles. The van der Waals surface area contributed by atoms with E-state index in [9.17, 15) is 13.6 Å². The van der Waals surface area contributed by atoms with Crippen LogP contribution in [0.3, 0.4) is 0 Å². The van der Waals surface area contributed by atoms with Gasteiger partial charge in [0.1, 0.15) is 11.6 Å². The average molecular weight is 363 g/mol. The van der Waals surface area contributed by atoms with Gasteiger partial charge in [-0.15, -0.1) is 0 Å². The smallest absolute Gasteiger partial charge is 0.224 e. The number of hydrogen-bond donors (Lipinski definition) is 1. The Bertz CT molecular complexity index is 874. The third-order valence-electron chi connectivity index (χ3n) is 3.39. The van der Waals surface area contributed by atoms with Crippen molar-refractivity contribution in [2.45, 2.75) is 12.8 Å². The first-order valence-corrected chi connectivity index (χ1v) is 7.84. The number of aryl methyl sites for hydroxylation is 1. The zero-order valence-corrected chi connectivity index (χ0v) is 13.7. The van der Waals surface area contributed by atoms with Crippen LogP contribution in [0, 0.1) is 11.6 Å². The molecule has 0 aliphatic heterocycles. The van der Waals surface area contributed by atoms with Crippen LogP contribution >= 0.6 is 11.6 Å².